The molecule has 0 amide bonds. The number of furan rings is 1. The minimum atomic E-state index is 0.214. The zero-order chi connectivity index (χ0) is 22.0. The van der Waals surface area contributed by atoms with Gasteiger partial charge in [-0.1, -0.05) is 45.0 Å². The Morgan fingerprint density at radius 1 is 1.00 bits per heavy atom. The molecule has 0 unspecified atom stereocenters. The van der Waals surface area contributed by atoms with Crippen molar-refractivity contribution in [2.24, 2.45) is 5.41 Å². The van der Waals surface area contributed by atoms with Gasteiger partial charge in [-0.05, 0) is 60.2 Å². The van der Waals surface area contributed by atoms with Gasteiger partial charge in [0, 0.05) is 28.7 Å². The van der Waals surface area contributed by atoms with Crippen LogP contribution in [0.5, 0.6) is 0 Å². The minimum Gasteiger partial charge on any atom is -0.452 e. The quantitative estimate of drug-likeness (QED) is 0.295. The summed E-state index contributed by atoms with van der Waals surface area (Å²) in [7, 11) is 0. The molecule has 158 valence electrons. The smallest absolute Gasteiger partial charge is 0.182 e. The second-order valence-corrected chi connectivity index (χ2v) is 9.87. The SMILES string of the molecule is Cc1cnc(-c2cccc3oc4c(ccn5c6ccccc6nc45)c23)cc1CC(C)(C)C. The Bertz CT molecular complexity index is 1650. The predicted molar refractivity (Wildman–Crippen MR) is 131 cm³/mol. The zero-order valence-corrected chi connectivity index (χ0v) is 18.8. The molecule has 0 aliphatic carbocycles. The number of hydrogen-bond acceptors (Lipinski definition) is 3. The first-order valence-electron chi connectivity index (χ1n) is 11.1. The van der Waals surface area contributed by atoms with Gasteiger partial charge >= 0.3 is 0 Å². The van der Waals surface area contributed by atoms with Crippen molar-refractivity contribution >= 4 is 38.6 Å². The molecule has 4 aromatic heterocycles. The van der Waals surface area contributed by atoms with Crippen molar-refractivity contribution in [3.63, 3.8) is 0 Å². The van der Waals surface area contributed by atoms with Crippen LogP contribution in [0.2, 0.25) is 0 Å². The van der Waals surface area contributed by atoms with Gasteiger partial charge in [0.2, 0.25) is 0 Å². The molecule has 4 nitrogen and oxygen atoms in total. The number of pyridine rings is 2. The molecule has 0 aliphatic heterocycles. The first-order chi connectivity index (χ1) is 15.4. The minimum absolute atomic E-state index is 0.214. The fourth-order valence-electron chi connectivity index (χ4n) is 4.69. The summed E-state index contributed by atoms with van der Waals surface area (Å²) in [6, 6.07) is 18.8. The molecule has 0 spiro atoms. The van der Waals surface area contributed by atoms with Crippen molar-refractivity contribution < 1.29 is 4.42 Å². The van der Waals surface area contributed by atoms with E-state index in [0.29, 0.717) is 0 Å². The average molecular weight is 420 g/mol. The van der Waals surface area contributed by atoms with Crippen LogP contribution in [0.25, 0.3) is 49.9 Å². The highest BCUT2D eigenvalue weighted by molar-refractivity contribution is 6.15. The topological polar surface area (TPSA) is 43.3 Å². The molecule has 0 saturated carbocycles. The summed E-state index contributed by atoms with van der Waals surface area (Å²) in [4.78, 5) is 9.67. The Hall–Kier alpha value is -3.66. The highest BCUT2D eigenvalue weighted by Crippen LogP contribution is 2.38. The zero-order valence-electron chi connectivity index (χ0n) is 18.8. The van der Waals surface area contributed by atoms with Crippen molar-refractivity contribution in [3.05, 3.63) is 78.1 Å². The van der Waals surface area contributed by atoms with E-state index in [2.05, 4.69) is 62.6 Å². The number of hydrogen-bond donors (Lipinski definition) is 0. The van der Waals surface area contributed by atoms with Crippen molar-refractivity contribution in [3.8, 4) is 11.3 Å². The van der Waals surface area contributed by atoms with Gasteiger partial charge in [-0.25, -0.2) is 4.98 Å². The van der Waals surface area contributed by atoms with Crippen LogP contribution in [-0.2, 0) is 6.42 Å². The van der Waals surface area contributed by atoms with Gasteiger partial charge in [-0.2, -0.15) is 0 Å². The average Bonchev–Trinajstić information content (AvgIpc) is 3.32. The maximum Gasteiger partial charge on any atom is 0.182 e. The van der Waals surface area contributed by atoms with Gasteiger partial charge in [-0.3, -0.25) is 9.38 Å². The summed E-state index contributed by atoms with van der Waals surface area (Å²) in [6.45, 7) is 8.97. The highest BCUT2D eigenvalue weighted by atomic mass is 16.3. The Labute approximate surface area is 186 Å². The van der Waals surface area contributed by atoms with Gasteiger partial charge < -0.3 is 4.42 Å². The molecule has 0 bridgehead atoms. The van der Waals surface area contributed by atoms with Crippen molar-refractivity contribution in [2.75, 3.05) is 0 Å². The molecule has 0 fully saturated rings. The lowest BCUT2D eigenvalue weighted by molar-refractivity contribution is 0.410. The maximum absolute atomic E-state index is 6.38. The monoisotopic (exact) mass is 419 g/mol. The fourth-order valence-corrected chi connectivity index (χ4v) is 4.69. The molecule has 4 heteroatoms. The van der Waals surface area contributed by atoms with E-state index < -0.39 is 0 Å². The normalized spacial score (nSPS) is 12.5. The van der Waals surface area contributed by atoms with Crippen LogP contribution in [0.1, 0.15) is 31.9 Å². The van der Waals surface area contributed by atoms with E-state index in [1.54, 1.807) is 0 Å². The largest absolute Gasteiger partial charge is 0.452 e. The Kier molecular flexibility index (Phi) is 3.97. The number of imidazole rings is 1. The summed E-state index contributed by atoms with van der Waals surface area (Å²) in [5.74, 6) is 0. The van der Waals surface area contributed by atoms with E-state index in [0.717, 1.165) is 56.3 Å². The van der Waals surface area contributed by atoms with Gasteiger partial charge in [0.25, 0.3) is 0 Å². The van der Waals surface area contributed by atoms with E-state index in [1.807, 2.05) is 36.5 Å². The van der Waals surface area contributed by atoms with Crippen molar-refractivity contribution in [2.45, 2.75) is 34.1 Å². The Morgan fingerprint density at radius 2 is 1.84 bits per heavy atom. The first-order valence-corrected chi connectivity index (χ1v) is 11.1. The Morgan fingerprint density at radius 3 is 2.69 bits per heavy atom. The first kappa shape index (κ1) is 19.1. The van der Waals surface area contributed by atoms with Crippen LogP contribution in [0.15, 0.2) is 71.4 Å². The molecule has 0 radical (unpaired) electrons. The molecule has 0 saturated heterocycles. The number of aromatic nitrogens is 3. The molecule has 0 aliphatic rings. The van der Waals surface area contributed by atoms with Crippen LogP contribution >= 0.6 is 0 Å². The van der Waals surface area contributed by atoms with Crippen LogP contribution in [0, 0.1) is 12.3 Å². The third-order valence-electron chi connectivity index (χ3n) is 6.15. The van der Waals surface area contributed by atoms with Crippen molar-refractivity contribution in [1.82, 2.24) is 14.4 Å². The molecule has 4 heterocycles. The number of nitrogens with zero attached hydrogens (tertiary/aromatic N) is 3. The lowest BCUT2D eigenvalue weighted by Gasteiger charge is -2.20. The maximum atomic E-state index is 6.38. The predicted octanol–water partition coefficient (Wildman–Crippen LogP) is 7.35. The lowest BCUT2D eigenvalue weighted by atomic mass is 9.86. The van der Waals surface area contributed by atoms with E-state index in [9.17, 15) is 0 Å². The standard InChI is InChI=1S/C28H25N3O/c1-17-16-29-22(14-18(17)15-28(2,3)4)19-8-7-11-24-25(19)20-12-13-31-23-10-6-5-9-21(23)30-27(31)26(20)32-24/h5-14,16H,15H2,1-4H3. The molecular formula is C28H25N3O. The van der Waals surface area contributed by atoms with Crippen LogP contribution < -0.4 is 0 Å². The van der Waals surface area contributed by atoms with Gasteiger partial charge in [0.1, 0.15) is 5.58 Å². The van der Waals surface area contributed by atoms with Crippen LogP contribution in [-0.4, -0.2) is 14.4 Å². The van der Waals surface area contributed by atoms with E-state index in [1.165, 1.54) is 11.1 Å². The number of benzene rings is 2. The third kappa shape index (κ3) is 2.90. The molecule has 6 aromatic rings. The molecule has 6 rings (SSSR count). The summed E-state index contributed by atoms with van der Waals surface area (Å²) in [6.07, 6.45) is 5.10. The van der Waals surface area contributed by atoms with E-state index in [-0.39, 0.29) is 5.41 Å². The van der Waals surface area contributed by atoms with Gasteiger partial charge in [0.05, 0.1) is 16.7 Å². The number of fused-ring (bicyclic) bond motifs is 7. The van der Waals surface area contributed by atoms with Gasteiger partial charge in [0.15, 0.2) is 11.2 Å². The fraction of sp³-hybridized carbons (Fsp3) is 0.214. The molecule has 0 atom stereocenters. The van der Waals surface area contributed by atoms with E-state index in [4.69, 9.17) is 14.4 Å². The molecular weight excluding hydrogens is 394 g/mol. The number of para-hydroxylation sites is 2. The second-order valence-electron chi connectivity index (χ2n) is 9.87. The van der Waals surface area contributed by atoms with Crippen LogP contribution in [0.4, 0.5) is 0 Å². The lowest BCUT2D eigenvalue weighted by Crippen LogP contribution is -2.10. The molecule has 32 heavy (non-hydrogen) atoms. The summed E-state index contributed by atoms with van der Waals surface area (Å²) < 4.78 is 8.48. The summed E-state index contributed by atoms with van der Waals surface area (Å²) >= 11 is 0. The summed E-state index contributed by atoms with van der Waals surface area (Å²) in [5.41, 5.74) is 9.43. The summed E-state index contributed by atoms with van der Waals surface area (Å²) in [5, 5.41) is 2.16. The van der Waals surface area contributed by atoms with Crippen molar-refractivity contribution in [1.29, 1.82) is 0 Å². The third-order valence-corrected chi connectivity index (χ3v) is 6.15. The number of aryl methyl sites for hydroxylation is 1. The molecule has 0 N–H and O–H groups in total. The van der Waals surface area contributed by atoms with E-state index >= 15 is 0 Å². The Balaban J connectivity index is 1.63. The highest BCUT2D eigenvalue weighted by Gasteiger charge is 2.19. The van der Waals surface area contributed by atoms with Gasteiger partial charge in [-0.15, -0.1) is 0 Å². The number of rotatable bonds is 2. The molecule has 2 aromatic carbocycles. The van der Waals surface area contributed by atoms with Crippen LogP contribution in [0.3, 0.4) is 0 Å². The second kappa shape index (κ2) is 6.67.